The number of nitrogens with zero attached hydrogens (tertiary/aromatic N) is 4. The van der Waals surface area contributed by atoms with E-state index in [2.05, 4.69) is 20.9 Å². The van der Waals surface area contributed by atoms with E-state index in [0.29, 0.717) is 22.8 Å². The molecule has 3 aromatic rings. The van der Waals surface area contributed by atoms with Gasteiger partial charge in [0.15, 0.2) is 22.3 Å². The number of nitrogens with two attached hydrogens (primary N) is 1. The van der Waals surface area contributed by atoms with Gasteiger partial charge in [0, 0.05) is 39.5 Å². The van der Waals surface area contributed by atoms with Crippen LogP contribution in [0.1, 0.15) is 17.4 Å². The van der Waals surface area contributed by atoms with Crippen molar-refractivity contribution in [1.82, 2.24) is 15.2 Å². The number of fused-ring (bicyclic) bond motifs is 2. The van der Waals surface area contributed by atoms with Crippen LogP contribution in [0.3, 0.4) is 0 Å². The number of carboxylic acid groups (broad SMARTS) is 2. The molecule has 5 heterocycles. The highest BCUT2D eigenvalue weighted by Gasteiger charge is 2.53. The van der Waals surface area contributed by atoms with Gasteiger partial charge in [-0.25, -0.2) is 9.78 Å². The maximum atomic E-state index is 13.5. The second-order valence-electron chi connectivity index (χ2n) is 10.0. The van der Waals surface area contributed by atoms with Crippen molar-refractivity contribution in [2.75, 3.05) is 36.5 Å². The van der Waals surface area contributed by atoms with E-state index in [1.807, 2.05) is 24.5 Å². The quantitative estimate of drug-likeness (QED) is 0.0625. The number of hydrogen-bond acceptors (Lipinski definition) is 15. The fourth-order valence-corrected chi connectivity index (χ4v) is 7.77. The Kier molecular flexibility index (Phi) is 9.10. The average Bonchev–Trinajstić information content (AvgIpc) is 3.72. The van der Waals surface area contributed by atoms with Crippen LogP contribution >= 0.6 is 34.9 Å². The molecule has 0 bridgehead atoms. The normalized spacial score (nSPS) is 19.0. The van der Waals surface area contributed by atoms with Crippen LogP contribution < -0.4 is 35.7 Å². The average molecular weight is 700 g/mol. The Hall–Kier alpha value is -5.01. The first kappa shape index (κ1) is 32.0. The molecule has 0 spiro atoms. The van der Waals surface area contributed by atoms with Crippen LogP contribution in [-0.2, 0) is 24.0 Å². The molecule has 0 aliphatic carbocycles. The number of rotatable bonds is 12. The third kappa shape index (κ3) is 6.49. The van der Waals surface area contributed by atoms with Crippen molar-refractivity contribution in [2.45, 2.75) is 22.4 Å². The Morgan fingerprint density at radius 3 is 2.72 bits per heavy atom. The van der Waals surface area contributed by atoms with E-state index >= 15 is 0 Å². The van der Waals surface area contributed by atoms with Gasteiger partial charge in [-0.15, -0.1) is 34.9 Å². The molecule has 19 heteroatoms. The van der Waals surface area contributed by atoms with Crippen molar-refractivity contribution < 1.29 is 48.4 Å². The fourth-order valence-electron chi connectivity index (χ4n) is 4.85. The van der Waals surface area contributed by atoms with Crippen molar-refractivity contribution in [3.63, 3.8) is 0 Å². The van der Waals surface area contributed by atoms with Crippen LogP contribution in [0.5, 0.6) is 11.5 Å². The lowest BCUT2D eigenvalue weighted by atomic mass is 10.0. The maximum Gasteiger partial charge on any atom is 0.352 e. The minimum atomic E-state index is -1.65. The van der Waals surface area contributed by atoms with Gasteiger partial charge in [-0.1, -0.05) is 15.9 Å². The predicted octanol–water partition coefficient (Wildman–Crippen LogP) is -0.342. The van der Waals surface area contributed by atoms with E-state index in [9.17, 15) is 29.4 Å². The number of ether oxygens (including phenoxy) is 2. The number of nitrogens with one attached hydrogen (secondary N) is 2. The Labute approximate surface area is 278 Å². The summed E-state index contributed by atoms with van der Waals surface area (Å²) in [6.07, 6.45) is 1.98. The summed E-state index contributed by atoms with van der Waals surface area (Å²) < 4.78 is 12.3. The lowest BCUT2D eigenvalue weighted by Crippen LogP contribution is -2.71. The summed E-state index contributed by atoms with van der Waals surface area (Å²) in [5.41, 5.74) is 8.71. The third-order valence-electron chi connectivity index (χ3n) is 7.15. The van der Waals surface area contributed by atoms with Gasteiger partial charge in [0.2, 0.25) is 25.3 Å². The van der Waals surface area contributed by atoms with Crippen molar-refractivity contribution in [3.8, 4) is 11.5 Å². The molecular formula is C28H25N7O9S3. The Morgan fingerprint density at radius 2 is 2.04 bits per heavy atom. The molecule has 6 rings (SSSR count). The number of anilines is 1. The molecule has 1 fully saturated rings. The minimum Gasteiger partial charge on any atom is -0.543 e. The number of carboxylic acids is 2. The summed E-state index contributed by atoms with van der Waals surface area (Å²) in [5.74, 6) is -3.14. The molecule has 1 unspecified atom stereocenters. The Balaban J connectivity index is 1.19. The first-order valence-electron chi connectivity index (χ1n) is 13.7. The first-order chi connectivity index (χ1) is 22.6. The molecule has 1 aromatic carbocycles. The van der Waals surface area contributed by atoms with Gasteiger partial charge < -0.3 is 40.4 Å². The summed E-state index contributed by atoms with van der Waals surface area (Å²) in [7, 11) is 1.77. The van der Waals surface area contributed by atoms with E-state index < -0.39 is 47.0 Å². The number of benzene rings is 1. The molecule has 2 amide bonds. The molecule has 0 saturated carbocycles. The highest BCUT2D eigenvalue weighted by atomic mass is 32.2. The monoisotopic (exact) mass is 699 g/mol. The number of carbonyl (C=O) groups is 4. The molecule has 0 radical (unpaired) electrons. The largest absolute Gasteiger partial charge is 0.543 e. The van der Waals surface area contributed by atoms with Crippen LogP contribution in [0.15, 0.2) is 69.4 Å². The molecule has 244 valence electrons. The van der Waals surface area contributed by atoms with Crippen LogP contribution in [-0.4, -0.2) is 81.2 Å². The van der Waals surface area contributed by atoms with Crippen molar-refractivity contribution >= 4 is 69.5 Å². The maximum absolute atomic E-state index is 13.5. The standard InChI is InChI=1S/C28H25N7O9S3/c1-30-34-6-4-15(5-7-34)45-9-14-10-46-25-20(24(37)35(25)21(14)26(38)39)32-23(36)19(16-11-47-28(29)31-16)33-44-22(27(40)41)13-2-3-17-18(8-13)43-12-42-17/h2-8,11,20,22,25,30H,9-10,12H2,1H3,(H4-,29,31,32,36,38,39,40,41)/b33-19-/t20-,22?,25-/m1/s1. The zero-order valence-corrected chi connectivity index (χ0v) is 26.7. The summed E-state index contributed by atoms with van der Waals surface area (Å²) in [6, 6.07) is 7.02. The number of carbonyl (C=O) groups excluding carboxylic acids is 3. The molecule has 5 N–H and O–H groups in total. The lowest BCUT2D eigenvalue weighted by molar-refractivity contribution is -0.647. The van der Waals surface area contributed by atoms with Gasteiger partial charge >= 0.3 is 5.97 Å². The number of hydrogen-bond donors (Lipinski definition) is 4. The summed E-state index contributed by atoms with van der Waals surface area (Å²) in [6.45, 7) is -0.0207. The van der Waals surface area contributed by atoms with Crippen molar-refractivity contribution in [3.05, 3.63) is 70.6 Å². The molecule has 3 aliphatic heterocycles. The molecule has 16 nitrogen and oxygen atoms in total. The number of aliphatic carboxylic acids is 2. The lowest BCUT2D eigenvalue weighted by Gasteiger charge is -2.50. The molecule has 2 aromatic heterocycles. The number of thioether (sulfide) groups is 2. The number of amides is 2. The summed E-state index contributed by atoms with van der Waals surface area (Å²) >= 11 is 3.71. The van der Waals surface area contributed by atoms with E-state index in [-0.39, 0.29) is 34.6 Å². The van der Waals surface area contributed by atoms with Gasteiger partial charge in [0.05, 0.1) is 18.7 Å². The van der Waals surface area contributed by atoms with Gasteiger partial charge in [-0.05, 0) is 17.7 Å². The Bertz CT molecular complexity index is 1810. The molecular weight excluding hydrogens is 675 g/mol. The van der Waals surface area contributed by atoms with Crippen LogP contribution in [0.25, 0.3) is 0 Å². The topological polar surface area (TPSA) is 222 Å². The van der Waals surface area contributed by atoms with Crippen molar-refractivity contribution in [1.29, 1.82) is 0 Å². The summed E-state index contributed by atoms with van der Waals surface area (Å²) in [4.78, 5) is 62.5. The van der Waals surface area contributed by atoms with E-state index in [1.54, 1.807) is 11.7 Å². The SMILES string of the molecule is CN[n+]1ccc(SCC2=C(C(=O)[O-])N3C(=O)[C@@H](NC(=O)/C(=N\OC(C(=O)O)c4ccc5c(c4)OCO5)c4csc(N)n4)[C@H]3SC2)cc1. The minimum absolute atomic E-state index is 0.0180. The van der Waals surface area contributed by atoms with E-state index in [1.165, 1.54) is 47.1 Å². The van der Waals surface area contributed by atoms with Gasteiger partial charge in [0.25, 0.3) is 11.8 Å². The number of pyridine rings is 1. The second-order valence-corrected chi connectivity index (χ2v) is 13.0. The first-order valence-corrected chi connectivity index (χ1v) is 16.6. The zero-order valence-electron chi connectivity index (χ0n) is 24.3. The number of thiazole rings is 1. The molecule has 1 saturated heterocycles. The number of nitrogen functional groups attached to an aromatic ring is 1. The van der Waals surface area contributed by atoms with Crippen LogP contribution in [0, 0.1) is 0 Å². The number of oxime groups is 1. The zero-order chi connectivity index (χ0) is 33.2. The number of β-lactam (4-membered cyclic amide) rings is 1. The van der Waals surface area contributed by atoms with Crippen LogP contribution in [0.2, 0.25) is 0 Å². The molecule has 3 atom stereocenters. The highest BCUT2D eigenvalue weighted by Crippen LogP contribution is 2.41. The fraction of sp³-hybridized carbons (Fsp3) is 0.250. The van der Waals surface area contributed by atoms with Gasteiger partial charge in [-0.3, -0.25) is 14.5 Å². The smallest absolute Gasteiger partial charge is 0.352 e. The van der Waals surface area contributed by atoms with E-state index in [4.69, 9.17) is 20.0 Å². The third-order valence-corrected chi connectivity index (χ3v) is 10.3. The Morgan fingerprint density at radius 1 is 1.28 bits per heavy atom. The molecule has 3 aliphatic rings. The van der Waals surface area contributed by atoms with Gasteiger partial charge in [0.1, 0.15) is 17.1 Å². The predicted molar refractivity (Wildman–Crippen MR) is 167 cm³/mol. The van der Waals surface area contributed by atoms with Crippen LogP contribution in [0.4, 0.5) is 5.13 Å². The highest BCUT2D eigenvalue weighted by molar-refractivity contribution is 8.01. The van der Waals surface area contributed by atoms with Crippen molar-refractivity contribution in [2.24, 2.45) is 5.16 Å². The summed E-state index contributed by atoms with van der Waals surface area (Å²) in [5, 5.41) is 29.3. The van der Waals surface area contributed by atoms with Gasteiger partial charge in [-0.2, -0.15) is 5.43 Å². The van der Waals surface area contributed by atoms with E-state index in [0.717, 1.165) is 21.1 Å². The second kappa shape index (κ2) is 13.4. The number of aromatic nitrogens is 2. The molecule has 47 heavy (non-hydrogen) atoms.